The maximum atomic E-state index is 12.3. The summed E-state index contributed by atoms with van der Waals surface area (Å²) in [7, 11) is 1.62. The van der Waals surface area contributed by atoms with Crippen molar-refractivity contribution in [1.29, 1.82) is 0 Å². The Labute approximate surface area is 118 Å². The normalized spacial score (nSPS) is 40.7. The molecule has 0 aliphatic heterocycles. The van der Waals surface area contributed by atoms with Crippen LogP contribution in [0.2, 0.25) is 0 Å². The van der Waals surface area contributed by atoms with Crippen LogP contribution in [0.4, 0.5) is 8.78 Å². The minimum Gasteiger partial charge on any atom is -0.390 e. The molecule has 0 amide bonds. The van der Waals surface area contributed by atoms with Gasteiger partial charge in [0.2, 0.25) is 0 Å². The molecule has 2 aliphatic carbocycles. The highest BCUT2D eigenvalue weighted by molar-refractivity contribution is 5.15. The zero-order valence-electron chi connectivity index (χ0n) is 12.1. The van der Waals surface area contributed by atoms with E-state index >= 15 is 0 Å². The van der Waals surface area contributed by atoms with E-state index in [-0.39, 0.29) is 17.6 Å². The van der Waals surface area contributed by atoms with Gasteiger partial charge in [0.15, 0.2) is 0 Å². The molecule has 2 saturated carbocycles. The second kappa shape index (κ2) is 6.50. The van der Waals surface area contributed by atoms with Gasteiger partial charge in [-0.3, -0.25) is 0 Å². The van der Waals surface area contributed by atoms with Gasteiger partial charge in [0.25, 0.3) is 0 Å². The molecule has 0 heterocycles. The monoisotopic (exact) mass is 290 g/mol. The fourth-order valence-electron chi connectivity index (χ4n) is 3.94. The summed E-state index contributed by atoms with van der Waals surface area (Å²) in [6.45, 7) is -0.718. The number of ether oxygens (including phenoxy) is 2. The van der Waals surface area contributed by atoms with E-state index in [0.717, 1.165) is 19.3 Å². The van der Waals surface area contributed by atoms with Gasteiger partial charge in [-0.25, -0.2) is 0 Å². The molecule has 116 valence electrons. The minimum absolute atomic E-state index is 0.129. The summed E-state index contributed by atoms with van der Waals surface area (Å²) in [5, 5.41) is 10.3. The first-order valence-electron chi connectivity index (χ1n) is 7.29. The van der Waals surface area contributed by atoms with E-state index in [1.807, 2.05) is 6.92 Å². The summed E-state index contributed by atoms with van der Waals surface area (Å²) in [5.41, 5.74) is 1.11. The van der Waals surface area contributed by atoms with Crippen LogP contribution in [0.15, 0.2) is 11.6 Å². The molecule has 1 unspecified atom stereocenters. The van der Waals surface area contributed by atoms with Gasteiger partial charge < -0.3 is 14.6 Å². The van der Waals surface area contributed by atoms with Gasteiger partial charge in [0.05, 0.1) is 18.3 Å². The van der Waals surface area contributed by atoms with Crippen LogP contribution in [0.3, 0.4) is 0 Å². The first-order valence-corrected chi connectivity index (χ1v) is 7.29. The van der Waals surface area contributed by atoms with Crippen molar-refractivity contribution in [2.45, 2.75) is 70.4 Å². The predicted molar refractivity (Wildman–Crippen MR) is 71.6 cm³/mol. The van der Waals surface area contributed by atoms with E-state index in [1.54, 1.807) is 7.11 Å². The van der Waals surface area contributed by atoms with Crippen LogP contribution in [0.5, 0.6) is 0 Å². The molecule has 0 bridgehead atoms. The summed E-state index contributed by atoms with van der Waals surface area (Å²) >= 11 is 0. The van der Waals surface area contributed by atoms with Gasteiger partial charge in [-0.15, -0.1) is 0 Å². The molecule has 0 aromatic heterocycles. The lowest BCUT2D eigenvalue weighted by atomic mass is 9.61. The molecule has 0 radical (unpaired) electrons. The molecule has 0 aromatic rings. The maximum absolute atomic E-state index is 12.3. The van der Waals surface area contributed by atoms with Crippen molar-refractivity contribution in [1.82, 2.24) is 0 Å². The SMILES string of the molecule is C/C=C1\C[C@H](O)C(OC)C2(CCC(OC(F)F)CC2)C1. The maximum Gasteiger partial charge on any atom is 0.345 e. The van der Waals surface area contributed by atoms with Crippen molar-refractivity contribution in [3.05, 3.63) is 11.6 Å². The van der Waals surface area contributed by atoms with Gasteiger partial charge in [0.1, 0.15) is 0 Å². The summed E-state index contributed by atoms with van der Waals surface area (Å²) < 4.78 is 34.7. The molecule has 1 spiro atoms. The number of hydrogen-bond donors (Lipinski definition) is 1. The molecule has 0 aromatic carbocycles. The van der Waals surface area contributed by atoms with E-state index in [4.69, 9.17) is 4.74 Å². The van der Waals surface area contributed by atoms with Crippen molar-refractivity contribution in [3.63, 3.8) is 0 Å². The quantitative estimate of drug-likeness (QED) is 0.811. The minimum atomic E-state index is -2.70. The molecule has 2 atom stereocenters. The number of methoxy groups -OCH3 is 1. The number of halogens is 2. The van der Waals surface area contributed by atoms with Crippen molar-refractivity contribution in [2.75, 3.05) is 7.11 Å². The lowest BCUT2D eigenvalue weighted by molar-refractivity contribution is -0.188. The Morgan fingerprint density at radius 2 is 2.00 bits per heavy atom. The second-order valence-electron chi connectivity index (χ2n) is 6.01. The Balaban J connectivity index is 2.08. The predicted octanol–water partition coefficient (Wildman–Crippen LogP) is 3.27. The summed E-state index contributed by atoms with van der Waals surface area (Å²) in [4.78, 5) is 0. The molecule has 20 heavy (non-hydrogen) atoms. The number of aliphatic hydroxyl groups excluding tert-OH is 1. The fourth-order valence-corrected chi connectivity index (χ4v) is 3.94. The Morgan fingerprint density at radius 1 is 1.35 bits per heavy atom. The first kappa shape index (κ1) is 15.9. The number of allylic oxidation sites excluding steroid dienone is 1. The van der Waals surface area contributed by atoms with Gasteiger partial charge >= 0.3 is 6.61 Å². The largest absolute Gasteiger partial charge is 0.390 e. The zero-order chi connectivity index (χ0) is 14.8. The van der Waals surface area contributed by atoms with Crippen molar-refractivity contribution < 1.29 is 23.4 Å². The van der Waals surface area contributed by atoms with Crippen LogP contribution in [0, 0.1) is 5.41 Å². The molecular formula is C15H24F2O3. The van der Waals surface area contributed by atoms with Gasteiger partial charge in [-0.1, -0.05) is 11.6 Å². The second-order valence-corrected chi connectivity index (χ2v) is 6.01. The topological polar surface area (TPSA) is 38.7 Å². The highest BCUT2D eigenvalue weighted by Gasteiger charge is 2.48. The molecule has 2 fully saturated rings. The van der Waals surface area contributed by atoms with Gasteiger partial charge in [-0.2, -0.15) is 8.78 Å². The third kappa shape index (κ3) is 3.21. The highest BCUT2D eigenvalue weighted by Crippen LogP contribution is 2.50. The molecule has 5 heteroatoms. The van der Waals surface area contributed by atoms with Crippen LogP contribution in [-0.2, 0) is 9.47 Å². The third-order valence-electron chi connectivity index (χ3n) is 4.89. The number of aliphatic hydroxyl groups is 1. The van der Waals surface area contributed by atoms with E-state index in [1.165, 1.54) is 5.57 Å². The average molecular weight is 290 g/mol. The van der Waals surface area contributed by atoms with Crippen molar-refractivity contribution in [3.8, 4) is 0 Å². The Hall–Kier alpha value is -0.520. The molecule has 3 nitrogen and oxygen atoms in total. The van der Waals surface area contributed by atoms with Crippen molar-refractivity contribution in [2.24, 2.45) is 5.41 Å². The molecule has 1 N–H and O–H groups in total. The van der Waals surface area contributed by atoms with Crippen molar-refractivity contribution >= 4 is 0 Å². The standard InChI is InChI=1S/C15H24F2O3/c1-3-10-8-12(18)13(19-2)15(9-10)6-4-11(5-7-15)20-14(16)17/h3,11-14,18H,4-9H2,1-2H3/b10-3+/t11?,12-,13?,15?/m0/s1. The van der Waals surface area contributed by atoms with E-state index in [2.05, 4.69) is 10.8 Å². The Kier molecular flexibility index (Phi) is 5.15. The first-order chi connectivity index (χ1) is 9.50. The lowest BCUT2D eigenvalue weighted by Crippen LogP contribution is -2.51. The van der Waals surface area contributed by atoms with Crippen LogP contribution >= 0.6 is 0 Å². The Morgan fingerprint density at radius 3 is 2.50 bits per heavy atom. The fraction of sp³-hybridized carbons (Fsp3) is 0.867. The molecule has 2 aliphatic rings. The van der Waals surface area contributed by atoms with E-state index in [9.17, 15) is 13.9 Å². The summed E-state index contributed by atoms with van der Waals surface area (Å²) in [6, 6.07) is 0. The third-order valence-corrected chi connectivity index (χ3v) is 4.89. The Bertz CT molecular complexity index is 349. The zero-order valence-corrected chi connectivity index (χ0v) is 12.1. The summed E-state index contributed by atoms with van der Waals surface area (Å²) in [6.07, 6.45) is 5.24. The van der Waals surface area contributed by atoms with Crippen LogP contribution in [0.25, 0.3) is 0 Å². The molecular weight excluding hydrogens is 266 g/mol. The van der Waals surface area contributed by atoms with Crippen LogP contribution in [0.1, 0.15) is 45.4 Å². The van der Waals surface area contributed by atoms with Crippen LogP contribution in [-0.4, -0.2) is 37.1 Å². The molecule has 0 saturated heterocycles. The van der Waals surface area contributed by atoms with E-state index in [0.29, 0.717) is 19.3 Å². The van der Waals surface area contributed by atoms with E-state index < -0.39 is 12.7 Å². The average Bonchev–Trinajstić information content (AvgIpc) is 2.40. The smallest absolute Gasteiger partial charge is 0.345 e. The highest BCUT2D eigenvalue weighted by atomic mass is 19.3. The van der Waals surface area contributed by atoms with Crippen LogP contribution < -0.4 is 0 Å². The molecule has 2 rings (SSSR count). The number of alkyl halides is 2. The number of hydrogen-bond acceptors (Lipinski definition) is 3. The van der Waals surface area contributed by atoms with Gasteiger partial charge in [-0.05, 0) is 45.4 Å². The van der Waals surface area contributed by atoms with Gasteiger partial charge in [0, 0.05) is 12.5 Å². The summed E-state index contributed by atoms with van der Waals surface area (Å²) in [5.74, 6) is 0. The lowest BCUT2D eigenvalue weighted by Gasteiger charge is -2.50. The number of rotatable bonds is 3.